The minimum Gasteiger partial charge on any atom is -0.397 e. The summed E-state index contributed by atoms with van der Waals surface area (Å²) in [6.45, 7) is 9.14. The predicted molar refractivity (Wildman–Crippen MR) is 69.8 cm³/mol. The number of rotatable bonds is 4. The van der Waals surface area contributed by atoms with Gasteiger partial charge in [-0.1, -0.05) is 12.1 Å². The number of likely N-dealkylation sites (N-methyl/N-ethyl adjacent to an activating group) is 1. The fourth-order valence-electron chi connectivity index (χ4n) is 1.93. The molecule has 0 heterocycles. The Bertz CT molecular complexity index is 335. The van der Waals surface area contributed by atoms with Crippen LogP contribution < -0.4 is 10.6 Å². The van der Waals surface area contributed by atoms with Crippen LogP contribution in [0.1, 0.15) is 26.3 Å². The molecule has 1 rings (SSSR count). The quantitative estimate of drug-likeness (QED) is 0.768. The minimum atomic E-state index is -0.718. The molecule has 0 aromatic heterocycles. The molecule has 3 nitrogen and oxygen atoms in total. The summed E-state index contributed by atoms with van der Waals surface area (Å²) in [7, 11) is 0. The van der Waals surface area contributed by atoms with Crippen molar-refractivity contribution in [3.05, 3.63) is 23.8 Å². The number of nitrogens with zero attached hydrogens (tertiary/aromatic N) is 1. The lowest BCUT2D eigenvalue weighted by Crippen LogP contribution is -2.39. The van der Waals surface area contributed by atoms with Gasteiger partial charge in [0.2, 0.25) is 0 Å². The summed E-state index contributed by atoms with van der Waals surface area (Å²) in [5, 5.41) is 9.88. The first-order valence-corrected chi connectivity index (χ1v) is 5.67. The summed E-state index contributed by atoms with van der Waals surface area (Å²) in [5.41, 5.74) is 8.22. The van der Waals surface area contributed by atoms with Crippen molar-refractivity contribution in [2.45, 2.75) is 33.3 Å². The van der Waals surface area contributed by atoms with Gasteiger partial charge < -0.3 is 15.7 Å². The Morgan fingerprint density at radius 3 is 2.44 bits per heavy atom. The lowest BCUT2D eigenvalue weighted by atomic mass is 10.1. The van der Waals surface area contributed by atoms with Gasteiger partial charge in [-0.15, -0.1) is 0 Å². The Kier molecular flexibility index (Phi) is 3.81. The molecule has 0 aliphatic heterocycles. The molecule has 0 saturated carbocycles. The van der Waals surface area contributed by atoms with Crippen LogP contribution in [0.3, 0.4) is 0 Å². The zero-order valence-corrected chi connectivity index (χ0v) is 10.6. The first-order chi connectivity index (χ1) is 7.35. The maximum Gasteiger partial charge on any atom is 0.0765 e. The minimum absolute atomic E-state index is 0.582. The number of anilines is 2. The normalized spacial score (nSPS) is 11.6. The van der Waals surface area contributed by atoms with Gasteiger partial charge in [0.1, 0.15) is 0 Å². The van der Waals surface area contributed by atoms with Crippen LogP contribution in [-0.4, -0.2) is 23.8 Å². The van der Waals surface area contributed by atoms with E-state index < -0.39 is 5.60 Å². The number of nitrogen functional groups attached to an aromatic ring is 1. The molecule has 1 aromatic rings. The zero-order valence-electron chi connectivity index (χ0n) is 10.6. The number of para-hydroxylation sites is 1. The maximum atomic E-state index is 9.88. The van der Waals surface area contributed by atoms with Gasteiger partial charge in [-0.25, -0.2) is 0 Å². The summed E-state index contributed by atoms with van der Waals surface area (Å²) in [6, 6.07) is 5.89. The molecule has 0 bridgehead atoms. The van der Waals surface area contributed by atoms with Crippen LogP contribution in [0.25, 0.3) is 0 Å². The largest absolute Gasteiger partial charge is 0.397 e. The van der Waals surface area contributed by atoms with Gasteiger partial charge in [-0.05, 0) is 39.3 Å². The van der Waals surface area contributed by atoms with Gasteiger partial charge in [0.05, 0.1) is 17.0 Å². The second kappa shape index (κ2) is 4.74. The molecule has 0 unspecified atom stereocenters. The van der Waals surface area contributed by atoms with E-state index in [9.17, 15) is 5.11 Å². The van der Waals surface area contributed by atoms with E-state index >= 15 is 0 Å². The highest BCUT2D eigenvalue weighted by Gasteiger charge is 2.19. The molecule has 0 spiro atoms. The Morgan fingerprint density at radius 2 is 2.00 bits per heavy atom. The molecule has 0 amide bonds. The first-order valence-electron chi connectivity index (χ1n) is 5.67. The third-order valence-electron chi connectivity index (χ3n) is 2.54. The second-order valence-corrected chi connectivity index (χ2v) is 4.84. The lowest BCUT2D eigenvalue weighted by molar-refractivity contribution is 0.0876. The molecule has 0 fully saturated rings. The number of hydrogen-bond acceptors (Lipinski definition) is 3. The number of benzene rings is 1. The lowest BCUT2D eigenvalue weighted by Gasteiger charge is -2.31. The van der Waals surface area contributed by atoms with Gasteiger partial charge in [0.15, 0.2) is 0 Å². The average molecular weight is 222 g/mol. The van der Waals surface area contributed by atoms with Crippen LogP contribution in [0.5, 0.6) is 0 Å². The molecule has 0 aliphatic carbocycles. The molecule has 0 radical (unpaired) electrons. The third kappa shape index (κ3) is 3.14. The molecule has 0 aliphatic rings. The van der Waals surface area contributed by atoms with Crippen molar-refractivity contribution < 1.29 is 5.11 Å². The molecule has 0 saturated heterocycles. The van der Waals surface area contributed by atoms with Crippen molar-refractivity contribution in [3.63, 3.8) is 0 Å². The van der Waals surface area contributed by atoms with Crippen molar-refractivity contribution in [1.82, 2.24) is 0 Å². The smallest absolute Gasteiger partial charge is 0.0765 e. The molecular weight excluding hydrogens is 200 g/mol. The van der Waals surface area contributed by atoms with E-state index in [1.807, 2.05) is 39.0 Å². The fourth-order valence-corrected chi connectivity index (χ4v) is 1.93. The van der Waals surface area contributed by atoms with E-state index in [0.29, 0.717) is 6.54 Å². The van der Waals surface area contributed by atoms with Gasteiger partial charge in [0, 0.05) is 13.1 Å². The Labute approximate surface area is 97.9 Å². The summed E-state index contributed by atoms with van der Waals surface area (Å²) >= 11 is 0. The van der Waals surface area contributed by atoms with Crippen LogP contribution in [0.4, 0.5) is 11.4 Å². The summed E-state index contributed by atoms with van der Waals surface area (Å²) in [5.74, 6) is 0. The van der Waals surface area contributed by atoms with E-state index in [2.05, 4.69) is 11.8 Å². The van der Waals surface area contributed by atoms with Gasteiger partial charge in [-0.2, -0.15) is 0 Å². The topological polar surface area (TPSA) is 49.5 Å². The number of aliphatic hydroxyl groups is 1. The highest BCUT2D eigenvalue weighted by molar-refractivity contribution is 5.71. The molecule has 90 valence electrons. The molecule has 3 heteroatoms. The SMILES string of the molecule is CCN(CC(C)(C)O)c1c(C)cccc1N. The fraction of sp³-hybridized carbons (Fsp3) is 0.538. The number of hydrogen-bond donors (Lipinski definition) is 2. The third-order valence-corrected chi connectivity index (χ3v) is 2.54. The number of nitrogens with two attached hydrogens (primary N) is 1. The maximum absolute atomic E-state index is 9.88. The van der Waals surface area contributed by atoms with E-state index in [1.165, 1.54) is 0 Å². The van der Waals surface area contributed by atoms with Crippen molar-refractivity contribution in [3.8, 4) is 0 Å². The number of aryl methyl sites for hydroxylation is 1. The summed E-state index contributed by atoms with van der Waals surface area (Å²) in [6.07, 6.45) is 0. The second-order valence-electron chi connectivity index (χ2n) is 4.84. The summed E-state index contributed by atoms with van der Waals surface area (Å²) in [4.78, 5) is 2.12. The Balaban J connectivity index is 3.04. The monoisotopic (exact) mass is 222 g/mol. The first kappa shape index (κ1) is 12.8. The Morgan fingerprint density at radius 1 is 1.38 bits per heavy atom. The predicted octanol–water partition coefficient (Wildman–Crippen LogP) is 2.17. The molecular formula is C13H22N2O. The van der Waals surface area contributed by atoms with Gasteiger partial charge >= 0.3 is 0 Å². The van der Waals surface area contributed by atoms with Crippen LogP contribution in [0.15, 0.2) is 18.2 Å². The summed E-state index contributed by atoms with van der Waals surface area (Å²) < 4.78 is 0. The van der Waals surface area contributed by atoms with Crippen molar-refractivity contribution in [1.29, 1.82) is 0 Å². The van der Waals surface area contributed by atoms with Crippen LogP contribution >= 0.6 is 0 Å². The highest BCUT2D eigenvalue weighted by Crippen LogP contribution is 2.28. The standard InChI is InChI=1S/C13H22N2O/c1-5-15(9-13(3,4)16)12-10(2)7-6-8-11(12)14/h6-8,16H,5,9,14H2,1-4H3. The van der Waals surface area contributed by atoms with Crippen molar-refractivity contribution >= 4 is 11.4 Å². The highest BCUT2D eigenvalue weighted by atomic mass is 16.3. The van der Waals surface area contributed by atoms with E-state index in [-0.39, 0.29) is 0 Å². The van der Waals surface area contributed by atoms with Crippen LogP contribution in [0, 0.1) is 6.92 Å². The van der Waals surface area contributed by atoms with E-state index in [4.69, 9.17) is 5.73 Å². The zero-order chi connectivity index (χ0) is 12.3. The van der Waals surface area contributed by atoms with E-state index in [0.717, 1.165) is 23.5 Å². The molecule has 0 atom stereocenters. The van der Waals surface area contributed by atoms with Gasteiger partial charge in [-0.3, -0.25) is 0 Å². The van der Waals surface area contributed by atoms with Crippen molar-refractivity contribution in [2.75, 3.05) is 23.7 Å². The van der Waals surface area contributed by atoms with Crippen molar-refractivity contribution in [2.24, 2.45) is 0 Å². The van der Waals surface area contributed by atoms with Gasteiger partial charge in [0.25, 0.3) is 0 Å². The van der Waals surface area contributed by atoms with Crippen LogP contribution in [-0.2, 0) is 0 Å². The average Bonchev–Trinajstić information content (AvgIpc) is 2.14. The molecule has 1 aromatic carbocycles. The van der Waals surface area contributed by atoms with Crippen LogP contribution in [0.2, 0.25) is 0 Å². The Hall–Kier alpha value is -1.22. The molecule has 16 heavy (non-hydrogen) atoms. The molecule has 3 N–H and O–H groups in total. The van der Waals surface area contributed by atoms with E-state index in [1.54, 1.807) is 0 Å².